The number of benzene rings is 1. The van der Waals surface area contributed by atoms with Crippen molar-refractivity contribution in [2.75, 3.05) is 6.61 Å². The van der Waals surface area contributed by atoms with Crippen LogP contribution in [0.25, 0.3) is 5.69 Å². The number of ketones is 1. The van der Waals surface area contributed by atoms with Gasteiger partial charge in [0, 0.05) is 40.1 Å². The third-order valence-electron chi connectivity index (χ3n) is 5.97. The number of aromatic nitrogens is 2. The summed E-state index contributed by atoms with van der Waals surface area (Å²) in [4.78, 5) is 25.5. The van der Waals surface area contributed by atoms with E-state index in [0.717, 1.165) is 41.3 Å². The van der Waals surface area contributed by atoms with Crippen LogP contribution in [0, 0.1) is 34.6 Å². The minimum atomic E-state index is -0.467. The molecule has 0 atom stereocenters. The maximum atomic E-state index is 12.7. The Labute approximate surface area is 177 Å². The fourth-order valence-electron chi connectivity index (χ4n) is 4.30. The van der Waals surface area contributed by atoms with Crippen LogP contribution in [-0.2, 0) is 4.74 Å². The molecule has 0 aliphatic heterocycles. The zero-order chi connectivity index (χ0) is 21.6. The highest BCUT2D eigenvalue weighted by Crippen LogP contribution is 2.38. The third-order valence-corrected chi connectivity index (χ3v) is 5.97. The molecule has 30 heavy (non-hydrogen) atoms. The van der Waals surface area contributed by atoms with E-state index in [1.54, 1.807) is 0 Å². The monoisotopic (exact) mass is 404 g/mol. The summed E-state index contributed by atoms with van der Waals surface area (Å²) in [5.41, 5.74) is 7.13. The number of carbonyl (C=O) groups is 2. The highest BCUT2D eigenvalue weighted by atomic mass is 16.5. The largest absolute Gasteiger partial charge is 0.454 e. The van der Waals surface area contributed by atoms with Crippen LogP contribution >= 0.6 is 0 Å². The molecule has 4 rings (SSSR count). The molecule has 0 bridgehead atoms. The van der Waals surface area contributed by atoms with Gasteiger partial charge in [0.25, 0.3) is 0 Å². The van der Waals surface area contributed by atoms with Gasteiger partial charge in [-0.2, -0.15) is 0 Å². The van der Waals surface area contributed by atoms with Crippen molar-refractivity contribution in [1.82, 2.24) is 9.13 Å². The lowest BCUT2D eigenvalue weighted by Crippen LogP contribution is -2.15. The van der Waals surface area contributed by atoms with E-state index in [1.165, 1.54) is 5.56 Å². The molecule has 2 heterocycles. The number of carbonyl (C=O) groups excluding carboxylic acids is 2. The topological polar surface area (TPSA) is 53.2 Å². The number of ether oxygens (including phenoxy) is 1. The zero-order valence-corrected chi connectivity index (χ0v) is 18.3. The van der Waals surface area contributed by atoms with Crippen LogP contribution in [0.15, 0.2) is 36.4 Å². The minimum absolute atomic E-state index is 0.157. The molecule has 1 aliphatic carbocycles. The van der Waals surface area contributed by atoms with Gasteiger partial charge in [-0.3, -0.25) is 4.79 Å². The van der Waals surface area contributed by atoms with E-state index in [4.69, 9.17) is 4.74 Å². The summed E-state index contributed by atoms with van der Waals surface area (Å²) in [6.45, 7) is 9.64. The predicted octanol–water partition coefficient (Wildman–Crippen LogP) is 5.20. The van der Waals surface area contributed by atoms with E-state index in [9.17, 15) is 9.59 Å². The lowest BCUT2D eigenvalue weighted by atomic mass is 10.1. The van der Waals surface area contributed by atoms with Crippen molar-refractivity contribution in [1.29, 1.82) is 0 Å². The van der Waals surface area contributed by atoms with Crippen LogP contribution in [0.1, 0.15) is 67.9 Å². The van der Waals surface area contributed by atoms with Gasteiger partial charge in [-0.25, -0.2) is 4.79 Å². The summed E-state index contributed by atoms with van der Waals surface area (Å²) < 4.78 is 9.67. The Morgan fingerprint density at radius 3 is 2.17 bits per heavy atom. The van der Waals surface area contributed by atoms with Crippen LogP contribution in [0.5, 0.6) is 0 Å². The molecule has 2 aromatic heterocycles. The summed E-state index contributed by atoms with van der Waals surface area (Å²) in [5.74, 6) is -0.624. The third kappa shape index (κ3) is 3.60. The molecule has 0 radical (unpaired) electrons. The number of hydrogen-bond acceptors (Lipinski definition) is 3. The Morgan fingerprint density at radius 1 is 0.900 bits per heavy atom. The first kappa shape index (κ1) is 20.2. The Hall–Kier alpha value is -3.08. The number of aryl methyl sites for hydroxylation is 3. The van der Waals surface area contributed by atoms with Crippen molar-refractivity contribution < 1.29 is 14.3 Å². The van der Waals surface area contributed by atoms with Crippen molar-refractivity contribution >= 4 is 11.8 Å². The van der Waals surface area contributed by atoms with Crippen LogP contribution in [0.2, 0.25) is 0 Å². The van der Waals surface area contributed by atoms with Crippen LogP contribution in [-0.4, -0.2) is 27.5 Å². The van der Waals surface area contributed by atoms with Crippen LogP contribution in [0.3, 0.4) is 0 Å². The summed E-state index contributed by atoms with van der Waals surface area (Å²) in [6, 6.07) is 12.4. The molecular weight excluding hydrogens is 376 g/mol. The molecule has 0 unspecified atom stereocenters. The van der Waals surface area contributed by atoms with E-state index in [2.05, 4.69) is 4.57 Å². The van der Waals surface area contributed by atoms with E-state index in [1.807, 2.05) is 75.6 Å². The molecule has 5 nitrogen and oxygen atoms in total. The van der Waals surface area contributed by atoms with Crippen LogP contribution in [0.4, 0.5) is 0 Å². The van der Waals surface area contributed by atoms with Crippen molar-refractivity contribution in [3.8, 4) is 5.69 Å². The first-order valence-corrected chi connectivity index (χ1v) is 10.4. The maximum Gasteiger partial charge on any atom is 0.340 e. The second-order valence-electron chi connectivity index (χ2n) is 8.34. The standard InChI is InChI=1S/C25H28N2O3/c1-15-6-8-20(9-7-15)27-17(3)13-23(19(27)5)25(29)30-14-24(28)22-12-16(2)26(18(22)4)21-10-11-21/h6-9,12-13,21H,10-11,14H2,1-5H3. The Morgan fingerprint density at radius 2 is 1.53 bits per heavy atom. The lowest BCUT2D eigenvalue weighted by molar-refractivity contribution is 0.0474. The van der Waals surface area contributed by atoms with E-state index < -0.39 is 5.97 Å². The van der Waals surface area contributed by atoms with Crippen molar-refractivity contribution in [3.63, 3.8) is 0 Å². The molecule has 1 aliphatic rings. The van der Waals surface area contributed by atoms with E-state index in [0.29, 0.717) is 17.2 Å². The normalized spacial score (nSPS) is 13.5. The SMILES string of the molecule is Cc1ccc(-n2c(C)cc(C(=O)OCC(=O)c3cc(C)n(C4CC4)c3C)c2C)cc1. The van der Waals surface area contributed by atoms with Crippen molar-refractivity contribution in [2.45, 2.75) is 53.5 Å². The first-order valence-electron chi connectivity index (χ1n) is 10.4. The summed E-state index contributed by atoms with van der Waals surface area (Å²) in [7, 11) is 0. The molecule has 0 N–H and O–H groups in total. The van der Waals surface area contributed by atoms with Gasteiger partial charge in [-0.05, 0) is 71.7 Å². The molecule has 156 valence electrons. The fraction of sp³-hybridized carbons (Fsp3) is 0.360. The molecular formula is C25H28N2O3. The van der Waals surface area contributed by atoms with Gasteiger partial charge < -0.3 is 13.9 Å². The molecule has 1 saturated carbocycles. The molecule has 0 saturated heterocycles. The average molecular weight is 405 g/mol. The average Bonchev–Trinajstić information content (AvgIpc) is 3.43. The number of hydrogen-bond donors (Lipinski definition) is 0. The second kappa shape index (κ2) is 7.63. The van der Waals surface area contributed by atoms with E-state index in [-0.39, 0.29) is 12.4 Å². The quantitative estimate of drug-likeness (QED) is 0.419. The number of nitrogens with zero attached hydrogens (tertiary/aromatic N) is 2. The van der Waals surface area contributed by atoms with Gasteiger partial charge in [0.1, 0.15) is 0 Å². The van der Waals surface area contributed by atoms with Gasteiger partial charge >= 0.3 is 5.97 Å². The minimum Gasteiger partial charge on any atom is -0.454 e. The smallest absolute Gasteiger partial charge is 0.340 e. The number of Topliss-reactive ketones (excluding diaryl/α,β-unsaturated/α-hetero) is 1. The van der Waals surface area contributed by atoms with Gasteiger partial charge in [0.05, 0.1) is 5.56 Å². The molecule has 1 aromatic carbocycles. The van der Waals surface area contributed by atoms with Crippen LogP contribution < -0.4 is 0 Å². The van der Waals surface area contributed by atoms with Gasteiger partial charge in [-0.15, -0.1) is 0 Å². The number of esters is 1. The lowest BCUT2D eigenvalue weighted by Gasteiger charge is -2.10. The Balaban J connectivity index is 1.50. The van der Waals surface area contributed by atoms with Crippen molar-refractivity contribution in [3.05, 3.63) is 75.9 Å². The highest BCUT2D eigenvalue weighted by molar-refractivity contribution is 6.00. The fourth-order valence-corrected chi connectivity index (χ4v) is 4.30. The highest BCUT2D eigenvalue weighted by Gasteiger charge is 2.28. The summed E-state index contributed by atoms with van der Waals surface area (Å²) in [5, 5.41) is 0. The maximum absolute atomic E-state index is 12.7. The predicted molar refractivity (Wildman–Crippen MR) is 117 cm³/mol. The Kier molecular flexibility index (Phi) is 5.14. The van der Waals surface area contributed by atoms with Gasteiger partial charge in [0.2, 0.25) is 5.78 Å². The Bertz CT molecular complexity index is 1130. The zero-order valence-electron chi connectivity index (χ0n) is 18.3. The van der Waals surface area contributed by atoms with Gasteiger partial charge in [-0.1, -0.05) is 17.7 Å². The molecule has 3 aromatic rings. The molecule has 0 spiro atoms. The van der Waals surface area contributed by atoms with Gasteiger partial charge in [0.15, 0.2) is 6.61 Å². The molecule has 5 heteroatoms. The molecule has 0 amide bonds. The summed E-state index contributed by atoms with van der Waals surface area (Å²) in [6.07, 6.45) is 2.32. The summed E-state index contributed by atoms with van der Waals surface area (Å²) >= 11 is 0. The number of rotatable bonds is 6. The van der Waals surface area contributed by atoms with Crippen molar-refractivity contribution in [2.24, 2.45) is 0 Å². The first-order chi connectivity index (χ1) is 14.3. The van der Waals surface area contributed by atoms with E-state index >= 15 is 0 Å². The second-order valence-corrected chi connectivity index (χ2v) is 8.34. The molecule has 1 fully saturated rings.